The Labute approximate surface area is 157 Å². The highest BCUT2D eigenvalue weighted by Gasteiger charge is 2.06. The third-order valence-electron chi connectivity index (χ3n) is 3.69. The van der Waals surface area contributed by atoms with Crippen LogP contribution in [0, 0.1) is 5.92 Å². The van der Waals surface area contributed by atoms with Crippen molar-refractivity contribution < 1.29 is 9.53 Å². The molecule has 0 aliphatic carbocycles. The number of nitrogens with one attached hydrogen (secondary N) is 3. The number of guanidine groups is 1. The number of carbonyl (C=O) groups excluding carboxylic acids is 1. The number of rotatable bonds is 10. The summed E-state index contributed by atoms with van der Waals surface area (Å²) in [6.07, 6.45) is 2.32. The highest BCUT2D eigenvalue weighted by atomic mass is 16.5. The first-order chi connectivity index (χ1) is 12.4. The number of amides is 1. The fourth-order valence-electron chi connectivity index (χ4n) is 2.40. The maximum Gasteiger partial charge on any atom is 0.221 e. The molecule has 1 aromatic carbocycles. The molecule has 1 atom stereocenters. The van der Waals surface area contributed by atoms with E-state index in [1.165, 1.54) is 13.3 Å². The highest BCUT2D eigenvalue weighted by Crippen LogP contribution is 2.17. The van der Waals surface area contributed by atoms with Crippen LogP contribution < -0.4 is 20.7 Å². The highest BCUT2D eigenvalue weighted by molar-refractivity contribution is 5.88. The third kappa shape index (κ3) is 9.91. The maximum atomic E-state index is 11.1. The molecule has 146 valence electrons. The molecular formula is C20H34N4O2. The lowest BCUT2D eigenvalue weighted by Gasteiger charge is -2.18. The zero-order chi connectivity index (χ0) is 19.4. The monoisotopic (exact) mass is 362 g/mol. The van der Waals surface area contributed by atoms with E-state index >= 15 is 0 Å². The standard InChI is InChI=1S/C20H34N4O2/c1-6-21-20(23-16(4)11-10-15(2)3)22-12-13-26-19-9-7-8-18(14-19)24-17(5)25/h7-9,14-16H,6,10-13H2,1-5H3,(H,24,25)(H2,21,22,23). The molecule has 1 unspecified atom stereocenters. The summed E-state index contributed by atoms with van der Waals surface area (Å²) in [5, 5.41) is 9.45. The van der Waals surface area contributed by atoms with Crippen LogP contribution in [-0.4, -0.2) is 37.6 Å². The average Bonchev–Trinajstić information content (AvgIpc) is 2.57. The molecule has 0 saturated heterocycles. The number of benzene rings is 1. The van der Waals surface area contributed by atoms with E-state index in [1.54, 1.807) is 0 Å². The van der Waals surface area contributed by atoms with E-state index in [0.717, 1.165) is 30.4 Å². The summed E-state index contributed by atoms with van der Waals surface area (Å²) in [5.41, 5.74) is 0.729. The minimum Gasteiger partial charge on any atom is -0.492 e. The van der Waals surface area contributed by atoms with E-state index in [4.69, 9.17) is 4.74 Å². The Bertz CT molecular complexity index is 573. The van der Waals surface area contributed by atoms with E-state index in [2.05, 4.69) is 48.6 Å². The smallest absolute Gasteiger partial charge is 0.221 e. The first-order valence-electron chi connectivity index (χ1n) is 9.46. The van der Waals surface area contributed by atoms with E-state index in [-0.39, 0.29) is 5.91 Å². The van der Waals surface area contributed by atoms with Gasteiger partial charge in [-0.2, -0.15) is 0 Å². The summed E-state index contributed by atoms with van der Waals surface area (Å²) in [5.74, 6) is 2.15. The number of hydrogen-bond acceptors (Lipinski definition) is 3. The average molecular weight is 363 g/mol. The molecule has 6 nitrogen and oxygen atoms in total. The Balaban J connectivity index is 2.46. The van der Waals surface area contributed by atoms with Crippen molar-refractivity contribution in [1.82, 2.24) is 10.6 Å². The van der Waals surface area contributed by atoms with Gasteiger partial charge in [0, 0.05) is 31.3 Å². The second-order valence-electron chi connectivity index (χ2n) is 6.83. The number of carbonyl (C=O) groups is 1. The van der Waals surface area contributed by atoms with Gasteiger partial charge in [-0.25, -0.2) is 4.99 Å². The Morgan fingerprint density at radius 1 is 1.23 bits per heavy atom. The number of aliphatic imine (C=N–C) groups is 1. The molecule has 26 heavy (non-hydrogen) atoms. The molecule has 0 saturated carbocycles. The lowest BCUT2D eigenvalue weighted by atomic mass is 10.0. The SMILES string of the molecule is CCNC(=NCCOc1cccc(NC(C)=O)c1)NC(C)CCC(C)C. The quantitative estimate of drug-likeness (QED) is 0.339. The normalized spacial score (nSPS) is 12.6. The molecular weight excluding hydrogens is 328 g/mol. The number of hydrogen-bond donors (Lipinski definition) is 3. The zero-order valence-corrected chi connectivity index (χ0v) is 16.8. The van der Waals surface area contributed by atoms with Crippen LogP contribution in [0.25, 0.3) is 0 Å². The van der Waals surface area contributed by atoms with Crippen LogP contribution in [0.5, 0.6) is 5.75 Å². The fraction of sp³-hybridized carbons (Fsp3) is 0.600. The fourth-order valence-corrected chi connectivity index (χ4v) is 2.40. The number of nitrogens with zero attached hydrogens (tertiary/aromatic N) is 1. The Kier molecular flexibility index (Phi) is 10.2. The Morgan fingerprint density at radius 2 is 2.00 bits per heavy atom. The molecule has 0 fully saturated rings. The van der Waals surface area contributed by atoms with Crippen molar-refractivity contribution in [2.45, 2.75) is 53.5 Å². The van der Waals surface area contributed by atoms with Crippen LogP contribution in [0.3, 0.4) is 0 Å². The molecule has 0 bridgehead atoms. The second-order valence-corrected chi connectivity index (χ2v) is 6.83. The molecule has 0 heterocycles. The molecule has 0 radical (unpaired) electrons. The molecule has 0 aliphatic heterocycles. The van der Waals surface area contributed by atoms with Crippen LogP contribution in [0.4, 0.5) is 5.69 Å². The maximum absolute atomic E-state index is 11.1. The van der Waals surface area contributed by atoms with Crippen LogP contribution >= 0.6 is 0 Å². The molecule has 3 N–H and O–H groups in total. The van der Waals surface area contributed by atoms with Gasteiger partial charge in [0.1, 0.15) is 12.4 Å². The van der Waals surface area contributed by atoms with Gasteiger partial charge in [-0.1, -0.05) is 19.9 Å². The van der Waals surface area contributed by atoms with E-state index in [0.29, 0.717) is 25.1 Å². The molecule has 0 aliphatic rings. The van der Waals surface area contributed by atoms with E-state index < -0.39 is 0 Å². The lowest BCUT2D eigenvalue weighted by Crippen LogP contribution is -2.42. The first-order valence-corrected chi connectivity index (χ1v) is 9.46. The van der Waals surface area contributed by atoms with Crippen LogP contribution in [-0.2, 0) is 4.79 Å². The van der Waals surface area contributed by atoms with Crippen molar-refractivity contribution in [2.24, 2.45) is 10.9 Å². The molecule has 6 heteroatoms. The summed E-state index contributed by atoms with van der Waals surface area (Å²) in [4.78, 5) is 15.7. The Hall–Kier alpha value is -2.24. The summed E-state index contributed by atoms with van der Waals surface area (Å²) >= 11 is 0. The van der Waals surface area contributed by atoms with Gasteiger partial charge in [0.2, 0.25) is 5.91 Å². The summed E-state index contributed by atoms with van der Waals surface area (Å²) in [6.45, 7) is 12.0. The van der Waals surface area contributed by atoms with Crippen molar-refractivity contribution in [3.8, 4) is 5.75 Å². The van der Waals surface area contributed by atoms with Gasteiger partial charge < -0.3 is 20.7 Å². The van der Waals surface area contributed by atoms with Crippen molar-refractivity contribution >= 4 is 17.6 Å². The van der Waals surface area contributed by atoms with Gasteiger partial charge in [0.05, 0.1) is 6.54 Å². The predicted molar refractivity (Wildman–Crippen MR) is 109 cm³/mol. The second kappa shape index (κ2) is 12.2. The molecule has 1 rings (SSSR count). The van der Waals surface area contributed by atoms with Gasteiger partial charge in [-0.05, 0) is 44.7 Å². The number of ether oxygens (including phenoxy) is 1. The van der Waals surface area contributed by atoms with Crippen molar-refractivity contribution in [3.63, 3.8) is 0 Å². The van der Waals surface area contributed by atoms with E-state index in [1.807, 2.05) is 24.3 Å². The largest absolute Gasteiger partial charge is 0.492 e. The van der Waals surface area contributed by atoms with Gasteiger partial charge in [-0.15, -0.1) is 0 Å². The zero-order valence-electron chi connectivity index (χ0n) is 16.8. The minimum atomic E-state index is -0.0975. The lowest BCUT2D eigenvalue weighted by molar-refractivity contribution is -0.114. The minimum absolute atomic E-state index is 0.0975. The van der Waals surface area contributed by atoms with Crippen molar-refractivity contribution in [3.05, 3.63) is 24.3 Å². The van der Waals surface area contributed by atoms with E-state index in [9.17, 15) is 4.79 Å². The third-order valence-corrected chi connectivity index (χ3v) is 3.69. The van der Waals surface area contributed by atoms with Crippen LogP contribution in [0.1, 0.15) is 47.5 Å². The predicted octanol–water partition coefficient (Wildman–Crippen LogP) is 3.40. The Morgan fingerprint density at radius 3 is 2.65 bits per heavy atom. The van der Waals surface area contributed by atoms with Gasteiger partial charge in [0.15, 0.2) is 5.96 Å². The summed E-state index contributed by atoms with van der Waals surface area (Å²) in [7, 11) is 0. The molecule has 1 amide bonds. The van der Waals surface area contributed by atoms with Gasteiger partial charge >= 0.3 is 0 Å². The van der Waals surface area contributed by atoms with Gasteiger partial charge in [0.25, 0.3) is 0 Å². The van der Waals surface area contributed by atoms with Crippen molar-refractivity contribution in [1.29, 1.82) is 0 Å². The van der Waals surface area contributed by atoms with Crippen molar-refractivity contribution in [2.75, 3.05) is 25.0 Å². The summed E-state index contributed by atoms with van der Waals surface area (Å²) < 4.78 is 5.73. The molecule has 1 aromatic rings. The topological polar surface area (TPSA) is 74.8 Å². The van der Waals surface area contributed by atoms with Gasteiger partial charge in [-0.3, -0.25) is 4.79 Å². The van der Waals surface area contributed by atoms with Crippen LogP contribution in [0.15, 0.2) is 29.3 Å². The first kappa shape index (κ1) is 21.8. The molecule has 0 aromatic heterocycles. The summed E-state index contributed by atoms with van der Waals surface area (Å²) in [6, 6.07) is 7.74. The number of anilines is 1. The van der Waals surface area contributed by atoms with Crippen LogP contribution in [0.2, 0.25) is 0 Å². The molecule has 0 spiro atoms.